The Balaban J connectivity index is 3.31. The number of pyridine rings is 1. The molecular formula is C8H7ClF2INO. The Morgan fingerprint density at radius 3 is 2.71 bits per heavy atom. The van der Waals surface area contributed by atoms with Crippen molar-refractivity contribution in [3.05, 3.63) is 21.0 Å². The second-order valence-electron chi connectivity index (χ2n) is 2.46. The van der Waals surface area contributed by atoms with Crippen molar-refractivity contribution in [2.45, 2.75) is 12.3 Å². The molecule has 0 radical (unpaired) electrons. The normalized spacial score (nSPS) is 10.7. The minimum atomic E-state index is -2.65. The molecule has 0 fully saturated rings. The maximum Gasteiger partial charge on any atom is 0.284 e. The van der Waals surface area contributed by atoms with Crippen LogP contribution >= 0.6 is 34.2 Å². The minimum absolute atomic E-state index is 0.0791. The van der Waals surface area contributed by atoms with Gasteiger partial charge in [0.2, 0.25) is 0 Å². The minimum Gasteiger partial charge on any atom is -0.494 e. The first-order valence-electron chi connectivity index (χ1n) is 3.67. The molecule has 14 heavy (non-hydrogen) atoms. The summed E-state index contributed by atoms with van der Waals surface area (Å²) in [6.07, 6.45) is -2.65. The SMILES string of the molecule is COc1c(CCl)cc(I)nc1C(F)F. The highest BCUT2D eigenvalue weighted by Gasteiger charge is 2.19. The van der Waals surface area contributed by atoms with Gasteiger partial charge in [-0.2, -0.15) is 0 Å². The lowest BCUT2D eigenvalue weighted by molar-refractivity contribution is 0.141. The van der Waals surface area contributed by atoms with Crippen molar-refractivity contribution in [3.63, 3.8) is 0 Å². The Kier molecular flexibility index (Phi) is 4.31. The summed E-state index contributed by atoms with van der Waals surface area (Å²) in [4.78, 5) is 3.71. The molecule has 0 aliphatic carbocycles. The van der Waals surface area contributed by atoms with Crippen molar-refractivity contribution in [1.29, 1.82) is 0 Å². The average Bonchev–Trinajstić information content (AvgIpc) is 2.16. The van der Waals surface area contributed by atoms with Crippen LogP contribution in [0.15, 0.2) is 6.07 Å². The third-order valence-electron chi connectivity index (χ3n) is 1.60. The number of alkyl halides is 3. The number of hydrogen-bond acceptors (Lipinski definition) is 2. The van der Waals surface area contributed by atoms with E-state index in [0.717, 1.165) is 0 Å². The van der Waals surface area contributed by atoms with Gasteiger partial charge in [-0.05, 0) is 28.7 Å². The smallest absolute Gasteiger partial charge is 0.284 e. The summed E-state index contributed by atoms with van der Waals surface area (Å²) in [7, 11) is 1.33. The van der Waals surface area contributed by atoms with Crippen molar-refractivity contribution in [3.8, 4) is 5.75 Å². The molecule has 1 aromatic rings. The molecule has 0 aromatic carbocycles. The Hall–Kier alpha value is -0.170. The fraction of sp³-hybridized carbons (Fsp3) is 0.375. The molecule has 0 aliphatic heterocycles. The van der Waals surface area contributed by atoms with E-state index in [-0.39, 0.29) is 17.3 Å². The lowest BCUT2D eigenvalue weighted by Crippen LogP contribution is -2.01. The van der Waals surface area contributed by atoms with Crippen LogP contribution in [-0.2, 0) is 5.88 Å². The third kappa shape index (κ3) is 2.44. The maximum absolute atomic E-state index is 12.5. The van der Waals surface area contributed by atoms with Crippen LogP contribution in [0.25, 0.3) is 0 Å². The van der Waals surface area contributed by atoms with Gasteiger partial charge in [-0.3, -0.25) is 0 Å². The summed E-state index contributed by atoms with van der Waals surface area (Å²) >= 11 is 7.47. The molecule has 6 heteroatoms. The second-order valence-corrected chi connectivity index (χ2v) is 3.83. The Labute approximate surface area is 98.8 Å². The van der Waals surface area contributed by atoms with Crippen LogP contribution < -0.4 is 4.74 Å². The van der Waals surface area contributed by atoms with Crippen molar-refractivity contribution < 1.29 is 13.5 Å². The molecule has 0 unspecified atom stereocenters. The molecule has 0 amide bonds. The Morgan fingerprint density at radius 2 is 2.29 bits per heavy atom. The highest BCUT2D eigenvalue weighted by Crippen LogP contribution is 2.32. The van der Waals surface area contributed by atoms with Gasteiger partial charge in [-0.25, -0.2) is 13.8 Å². The quantitative estimate of drug-likeness (QED) is 0.481. The molecule has 0 spiro atoms. The van der Waals surface area contributed by atoms with Gasteiger partial charge in [-0.1, -0.05) is 0 Å². The molecule has 0 bridgehead atoms. The highest BCUT2D eigenvalue weighted by atomic mass is 127. The van der Waals surface area contributed by atoms with Crippen molar-refractivity contribution in [2.24, 2.45) is 0 Å². The van der Waals surface area contributed by atoms with Crippen LogP contribution in [-0.4, -0.2) is 12.1 Å². The Bertz CT molecular complexity index is 335. The molecule has 1 rings (SSSR count). The fourth-order valence-electron chi connectivity index (χ4n) is 1.05. The number of aromatic nitrogens is 1. The summed E-state index contributed by atoms with van der Waals surface area (Å²) in [5.41, 5.74) is 0.180. The molecular weight excluding hydrogens is 326 g/mol. The monoisotopic (exact) mass is 333 g/mol. The molecule has 1 heterocycles. The topological polar surface area (TPSA) is 22.1 Å². The summed E-state index contributed by atoms with van der Waals surface area (Å²) in [5.74, 6) is 0.205. The number of rotatable bonds is 3. The lowest BCUT2D eigenvalue weighted by Gasteiger charge is -2.11. The first kappa shape index (κ1) is 11.9. The molecule has 0 aliphatic rings. The van der Waals surface area contributed by atoms with Crippen LogP contribution in [0.4, 0.5) is 8.78 Å². The lowest BCUT2D eigenvalue weighted by atomic mass is 10.2. The molecule has 1 aromatic heterocycles. The fourth-order valence-corrected chi connectivity index (χ4v) is 1.89. The van der Waals surface area contributed by atoms with Crippen molar-refractivity contribution >= 4 is 34.2 Å². The largest absolute Gasteiger partial charge is 0.494 e. The van der Waals surface area contributed by atoms with Crippen LogP contribution in [0.2, 0.25) is 0 Å². The number of hydrogen-bond donors (Lipinski definition) is 0. The average molecular weight is 334 g/mol. The number of methoxy groups -OCH3 is 1. The van der Waals surface area contributed by atoms with Gasteiger partial charge in [0.1, 0.15) is 9.39 Å². The predicted octanol–water partition coefficient (Wildman–Crippen LogP) is 3.37. The highest BCUT2D eigenvalue weighted by molar-refractivity contribution is 14.1. The van der Waals surface area contributed by atoms with Crippen molar-refractivity contribution in [1.82, 2.24) is 4.98 Å². The molecule has 0 atom stereocenters. The molecule has 2 nitrogen and oxygen atoms in total. The maximum atomic E-state index is 12.5. The number of ether oxygens (including phenoxy) is 1. The van der Waals surface area contributed by atoms with Gasteiger partial charge in [0.25, 0.3) is 6.43 Å². The Morgan fingerprint density at radius 1 is 1.64 bits per heavy atom. The van der Waals surface area contributed by atoms with E-state index in [9.17, 15) is 8.78 Å². The van der Waals surface area contributed by atoms with Gasteiger partial charge in [-0.15, -0.1) is 11.6 Å². The first-order chi connectivity index (χ1) is 6.60. The van der Waals surface area contributed by atoms with Crippen LogP contribution in [0, 0.1) is 3.70 Å². The standard InChI is InChI=1S/C8H7ClF2INO/c1-14-7-4(3-9)2-5(12)13-6(7)8(10)11/h2,8H,3H2,1H3. The van der Waals surface area contributed by atoms with Gasteiger partial charge < -0.3 is 4.74 Å². The molecule has 78 valence electrons. The van der Waals surface area contributed by atoms with Crippen LogP contribution in [0.1, 0.15) is 17.7 Å². The van der Waals surface area contributed by atoms with E-state index < -0.39 is 6.43 Å². The zero-order valence-corrected chi connectivity index (χ0v) is 10.1. The van der Waals surface area contributed by atoms with Crippen LogP contribution in [0.5, 0.6) is 5.75 Å². The van der Waals surface area contributed by atoms with E-state index in [1.54, 1.807) is 6.07 Å². The number of halogens is 4. The zero-order valence-electron chi connectivity index (χ0n) is 7.23. The van der Waals surface area contributed by atoms with Gasteiger partial charge in [0.15, 0.2) is 5.75 Å². The molecule has 0 saturated heterocycles. The zero-order chi connectivity index (χ0) is 10.7. The second kappa shape index (κ2) is 5.06. The van der Waals surface area contributed by atoms with Crippen LogP contribution in [0.3, 0.4) is 0 Å². The summed E-state index contributed by atoms with van der Waals surface area (Å²) in [6, 6.07) is 1.62. The van der Waals surface area contributed by atoms with Crippen molar-refractivity contribution in [2.75, 3.05) is 7.11 Å². The number of nitrogens with zero attached hydrogens (tertiary/aromatic N) is 1. The van der Waals surface area contributed by atoms with Gasteiger partial charge in [0, 0.05) is 5.56 Å². The first-order valence-corrected chi connectivity index (χ1v) is 5.29. The summed E-state index contributed by atoms with van der Waals surface area (Å²) in [5, 5.41) is 0. The van der Waals surface area contributed by atoms with E-state index >= 15 is 0 Å². The van der Waals surface area contributed by atoms with E-state index in [0.29, 0.717) is 9.26 Å². The van der Waals surface area contributed by atoms with Gasteiger partial charge >= 0.3 is 0 Å². The predicted molar refractivity (Wildman–Crippen MR) is 58.0 cm³/mol. The molecule has 0 saturated carbocycles. The summed E-state index contributed by atoms with van der Waals surface area (Å²) in [6.45, 7) is 0. The summed E-state index contributed by atoms with van der Waals surface area (Å²) < 4.78 is 30.4. The van der Waals surface area contributed by atoms with E-state index in [1.807, 2.05) is 22.6 Å². The van der Waals surface area contributed by atoms with E-state index in [2.05, 4.69) is 4.98 Å². The van der Waals surface area contributed by atoms with Gasteiger partial charge in [0.05, 0.1) is 13.0 Å². The van der Waals surface area contributed by atoms with E-state index in [1.165, 1.54) is 7.11 Å². The molecule has 0 N–H and O–H groups in total. The van der Waals surface area contributed by atoms with E-state index in [4.69, 9.17) is 16.3 Å². The third-order valence-corrected chi connectivity index (χ3v) is 2.44.